The van der Waals surface area contributed by atoms with Crippen molar-refractivity contribution in [3.8, 4) is 0 Å². The molecular formula is C12H20O. The normalized spacial score (nSPS) is 9.00. The van der Waals surface area contributed by atoms with Gasteiger partial charge in [-0.15, -0.1) is 0 Å². The van der Waals surface area contributed by atoms with E-state index in [1.54, 1.807) is 7.11 Å². The van der Waals surface area contributed by atoms with E-state index < -0.39 is 0 Å². The number of methoxy groups -OCH3 is 1. The highest BCUT2D eigenvalue weighted by Crippen LogP contribution is 2.10. The highest BCUT2D eigenvalue weighted by atomic mass is 16.5. The second-order valence-electron chi connectivity index (χ2n) is 2.86. The molecule has 0 aliphatic carbocycles. The maximum Gasteiger partial charge on any atom is 0.0715 e. The van der Waals surface area contributed by atoms with E-state index in [2.05, 4.69) is 32.0 Å². The zero-order valence-corrected chi connectivity index (χ0v) is 9.35. The van der Waals surface area contributed by atoms with Gasteiger partial charge in [0.1, 0.15) is 0 Å². The third kappa shape index (κ3) is 4.09. The summed E-state index contributed by atoms with van der Waals surface area (Å²) in [7, 11) is 1.72. The van der Waals surface area contributed by atoms with Crippen molar-refractivity contribution in [2.75, 3.05) is 7.11 Å². The minimum Gasteiger partial charge on any atom is -0.380 e. The predicted octanol–water partition coefficient (Wildman–Crippen LogP) is 3.48. The Bertz CT molecular complexity index is 241. The Morgan fingerprint density at radius 3 is 2.31 bits per heavy atom. The zero-order valence-electron chi connectivity index (χ0n) is 9.35. The van der Waals surface area contributed by atoms with E-state index in [1.807, 2.05) is 13.8 Å². The zero-order chi connectivity index (χ0) is 10.3. The fourth-order valence-corrected chi connectivity index (χ4v) is 1.11. The molecule has 0 unspecified atom stereocenters. The van der Waals surface area contributed by atoms with Gasteiger partial charge in [-0.05, 0) is 25.0 Å². The van der Waals surface area contributed by atoms with Gasteiger partial charge in [0.05, 0.1) is 6.61 Å². The van der Waals surface area contributed by atoms with Crippen molar-refractivity contribution < 1.29 is 4.74 Å². The number of ether oxygens (including phenoxy) is 1. The molecule has 0 radical (unpaired) electrons. The molecule has 0 aliphatic rings. The van der Waals surface area contributed by atoms with Crippen LogP contribution in [0.3, 0.4) is 0 Å². The minimum absolute atomic E-state index is 0.716. The number of hydrogen-bond donors (Lipinski definition) is 0. The maximum atomic E-state index is 5.06. The summed E-state index contributed by atoms with van der Waals surface area (Å²) in [4.78, 5) is 0. The SMILES string of the molecule is CC.COCc1cc(C)ccc1C. The summed E-state index contributed by atoms with van der Waals surface area (Å²) < 4.78 is 5.06. The highest BCUT2D eigenvalue weighted by molar-refractivity contribution is 5.29. The first kappa shape index (κ1) is 12.2. The van der Waals surface area contributed by atoms with Gasteiger partial charge in [0.15, 0.2) is 0 Å². The van der Waals surface area contributed by atoms with Gasteiger partial charge in [0, 0.05) is 7.11 Å². The lowest BCUT2D eigenvalue weighted by molar-refractivity contribution is 0.184. The standard InChI is InChI=1S/C10H14O.C2H6/c1-8-4-5-9(2)10(6-8)7-11-3;1-2/h4-6H,7H2,1-3H3;1-2H3. The van der Waals surface area contributed by atoms with E-state index in [0.29, 0.717) is 6.61 Å². The lowest BCUT2D eigenvalue weighted by atomic mass is 10.1. The van der Waals surface area contributed by atoms with E-state index >= 15 is 0 Å². The first-order valence-electron chi connectivity index (χ1n) is 4.79. The van der Waals surface area contributed by atoms with Crippen molar-refractivity contribution in [2.24, 2.45) is 0 Å². The molecule has 1 aromatic rings. The average Bonchev–Trinajstić information content (AvgIpc) is 2.15. The third-order valence-corrected chi connectivity index (χ3v) is 1.80. The van der Waals surface area contributed by atoms with Crippen molar-refractivity contribution >= 4 is 0 Å². The van der Waals surface area contributed by atoms with E-state index in [1.165, 1.54) is 16.7 Å². The van der Waals surface area contributed by atoms with Crippen LogP contribution in [0.1, 0.15) is 30.5 Å². The number of rotatable bonds is 2. The third-order valence-electron chi connectivity index (χ3n) is 1.80. The fourth-order valence-electron chi connectivity index (χ4n) is 1.11. The lowest BCUT2D eigenvalue weighted by Gasteiger charge is -2.04. The van der Waals surface area contributed by atoms with Gasteiger partial charge in [-0.2, -0.15) is 0 Å². The van der Waals surface area contributed by atoms with Gasteiger partial charge in [-0.25, -0.2) is 0 Å². The Balaban J connectivity index is 0.000000671. The second kappa shape index (κ2) is 6.67. The Labute approximate surface area is 81.7 Å². The van der Waals surface area contributed by atoms with E-state index in [4.69, 9.17) is 4.74 Å². The van der Waals surface area contributed by atoms with Crippen LogP contribution in [-0.4, -0.2) is 7.11 Å². The Morgan fingerprint density at radius 2 is 1.77 bits per heavy atom. The summed E-state index contributed by atoms with van der Waals surface area (Å²) in [6.07, 6.45) is 0. The van der Waals surface area contributed by atoms with Crippen LogP contribution in [0.5, 0.6) is 0 Å². The molecule has 1 nitrogen and oxygen atoms in total. The van der Waals surface area contributed by atoms with Crippen molar-refractivity contribution in [3.63, 3.8) is 0 Å². The molecule has 0 bridgehead atoms. The van der Waals surface area contributed by atoms with E-state index in [0.717, 1.165) is 0 Å². The molecule has 0 aromatic heterocycles. The van der Waals surface area contributed by atoms with Crippen molar-refractivity contribution in [2.45, 2.75) is 34.3 Å². The molecule has 0 saturated carbocycles. The monoisotopic (exact) mass is 180 g/mol. The molecule has 1 heteroatoms. The molecule has 0 N–H and O–H groups in total. The van der Waals surface area contributed by atoms with Crippen LogP contribution in [0.15, 0.2) is 18.2 Å². The molecular weight excluding hydrogens is 160 g/mol. The van der Waals surface area contributed by atoms with Gasteiger partial charge in [-0.3, -0.25) is 0 Å². The molecule has 0 atom stereocenters. The smallest absolute Gasteiger partial charge is 0.0715 e. The van der Waals surface area contributed by atoms with Crippen LogP contribution in [0.4, 0.5) is 0 Å². The minimum atomic E-state index is 0.716. The van der Waals surface area contributed by atoms with Crippen molar-refractivity contribution in [1.29, 1.82) is 0 Å². The summed E-state index contributed by atoms with van der Waals surface area (Å²) in [5.74, 6) is 0. The van der Waals surface area contributed by atoms with Gasteiger partial charge >= 0.3 is 0 Å². The first-order chi connectivity index (χ1) is 6.24. The van der Waals surface area contributed by atoms with Gasteiger partial charge in [0.25, 0.3) is 0 Å². The maximum absolute atomic E-state index is 5.06. The summed E-state index contributed by atoms with van der Waals surface area (Å²) in [6, 6.07) is 6.41. The van der Waals surface area contributed by atoms with E-state index in [9.17, 15) is 0 Å². The van der Waals surface area contributed by atoms with Crippen LogP contribution in [0.2, 0.25) is 0 Å². The molecule has 1 rings (SSSR count). The Hall–Kier alpha value is -0.820. The summed E-state index contributed by atoms with van der Waals surface area (Å²) in [5.41, 5.74) is 3.88. The Kier molecular flexibility index (Phi) is 6.25. The first-order valence-corrected chi connectivity index (χ1v) is 4.79. The molecule has 0 aliphatic heterocycles. The number of benzene rings is 1. The van der Waals surface area contributed by atoms with Crippen molar-refractivity contribution in [3.05, 3.63) is 34.9 Å². The molecule has 0 heterocycles. The molecule has 74 valence electrons. The average molecular weight is 180 g/mol. The topological polar surface area (TPSA) is 9.23 Å². The summed E-state index contributed by atoms with van der Waals surface area (Å²) >= 11 is 0. The largest absolute Gasteiger partial charge is 0.380 e. The van der Waals surface area contributed by atoms with E-state index in [-0.39, 0.29) is 0 Å². The fraction of sp³-hybridized carbons (Fsp3) is 0.500. The molecule has 0 spiro atoms. The number of aryl methyl sites for hydroxylation is 2. The predicted molar refractivity (Wildman–Crippen MR) is 58.0 cm³/mol. The Morgan fingerprint density at radius 1 is 1.15 bits per heavy atom. The van der Waals surface area contributed by atoms with Crippen LogP contribution in [-0.2, 0) is 11.3 Å². The van der Waals surface area contributed by atoms with Gasteiger partial charge in [-0.1, -0.05) is 37.6 Å². The van der Waals surface area contributed by atoms with Crippen LogP contribution < -0.4 is 0 Å². The quantitative estimate of drug-likeness (QED) is 0.677. The van der Waals surface area contributed by atoms with Gasteiger partial charge < -0.3 is 4.74 Å². The van der Waals surface area contributed by atoms with Crippen LogP contribution in [0.25, 0.3) is 0 Å². The second-order valence-corrected chi connectivity index (χ2v) is 2.86. The summed E-state index contributed by atoms with van der Waals surface area (Å²) in [6.45, 7) is 8.92. The van der Waals surface area contributed by atoms with Crippen molar-refractivity contribution in [1.82, 2.24) is 0 Å². The molecule has 0 amide bonds. The number of hydrogen-bond acceptors (Lipinski definition) is 1. The van der Waals surface area contributed by atoms with Crippen LogP contribution >= 0.6 is 0 Å². The summed E-state index contributed by atoms with van der Waals surface area (Å²) in [5, 5.41) is 0. The molecule has 13 heavy (non-hydrogen) atoms. The van der Waals surface area contributed by atoms with Crippen LogP contribution in [0, 0.1) is 13.8 Å². The molecule has 0 saturated heterocycles. The highest BCUT2D eigenvalue weighted by Gasteiger charge is 1.96. The molecule has 0 fully saturated rings. The molecule has 1 aromatic carbocycles. The lowest BCUT2D eigenvalue weighted by Crippen LogP contribution is -1.91. The van der Waals surface area contributed by atoms with Gasteiger partial charge in [0.2, 0.25) is 0 Å².